The lowest BCUT2D eigenvalue weighted by molar-refractivity contribution is -0.139. The van der Waals surface area contributed by atoms with Crippen LogP contribution in [0.4, 0.5) is 18.0 Å². The first-order chi connectivity index (χ1) is 11.6. The van der Waals surface area contributed by atoms with E-state index in [0.29, 0.717) is 0 Å². The number of nitrogens with zero attached hydrogens (tertiary/aromatic N) is 1. The molecular weight excluding hydrogens is 369 g/mol. The molecule has 25 heavy (non-hydrogen) atoms. The molecule has 13 heteroatoms. The molecule has 0 aliphatic heterocycles. The van der Waals surface area contributed by atoms with Crippen LogP contribution in [0.15, 0.2) is 16.0 Å². The SMILES string of the molecule is COC(=O)Cc1cc(=O)[nH]c(SCC(=O)NC(=O)NCC(F)(F)F)n1. The Morgan fingerprint density at radius 1 is 1.36 bits per heavy atom. The van der Waals surface area contributed by atoms with E-state index >= 15 is 0 Å². The van der Waals surface area contributed by atoms with Crippen molar-refractivity contribution in [2.24, 2.45) is 0 Å². The first-order valence-electron chi connectivity index (χ1n) is 6.53. The van der Waals surface area contributed by atoms with Crippen molar-refractivity contribution >= 4 is 29.7 Å². The molecule has 0 radical (unpaired) electrons. The molecule has 1 rings (SSSR count). The van der Waals surface area contributed by atoms with E-state index in [4.69, 9.17) is 0 Å². The van der Waals surface area contributed by atoms with E-state index in [0.717, 1.165) is 17.8 Å². The van der Waals surface area contributed by atoms with Crippen LogP contribution in [0.2, 0.25) is 0 Å². The Balaban J connectivity index is 2.54. The van der Waals surface area contributed by atoms with Gasteiger partial charge in [0.05, 0.1) is 25.0 Å². The number of methoxy groups -OCH3 is 1. The molecule has 0 unspecified atom stereocenters. The first kappa shape index (κ1) is 20.5. The van der Waals surface area contributed by atoms with Crippen LogP contribution in [0.3, 0.4) is 0 Å². The average molecular weight is 382 g/mol. The number of rotatable bonds is 6. The van der Waals surface area contributed by atoms with Crippen molar-refractivity contribution in [3.63, 3.8) is 0 Å². The van der Waals surface area contributed by atoms with E-state index < -0.39 is 41.9 Å². The Labute approximate surface area is 142 Å². The molecule has 0 bridgehead atoms. The van der Waals surface area contributed by atoms with Crippen molar-refractivity contribution < 1.29 is 32.3 Å². The van der Waals surface area contributed by atoms with Crippen LogP contribution in [-0.2, 0) is 20.7 Å². The number of urea groups is 1. The van der Waals surface area contributed by atoms with Gasteiger partial charge in [0, 0.05) is 6.07 Å². The predicted octanol–water partition coefficient (Wildman–Crippen LogP) is -0.0344. The highest BCUT2D eigenvalue weighted by atomic mass is 32.2. The summed E-state index contributed by atoms with van der Waals surface area (Å²) < 4.78 is 40.2. The summed E-state index contributed by atoms with van der Waals surface area (Å²) in [5.74, 6) is -1.91. The number of aromatic nitrogens is 2. The standard InChI is InChI=1S/C12H13F3N4O5S/c1-24-9(22)3-6-2-7(20)19-11(17-6)25-4-8(21)18-10(23)16-5-12(13,14)15/h2H,3-5H2,1H3,(H,17,19,20)(H2,16,18,21,23). The molecule has 0 aliphatic rings. The summed E-state index contributed by atoms with van der Waals surface area (Å²) in [5, 5.41) is 3.16. The number of imide groups is 1. The number of nitrogens with one attached hydrogen (secondary N) is 3. The molecule has 0 spiro atoms. The van der Waals surface area contributed by atoms with Crippen molar-refractivity contribution in [3.8, 4) is 0 Å². The first-order valence-corrected chi connectivity index (χ1v) is 7.52. The number of esters is 1. The Hall–Kier alpha value is -2.57. The molecule has 138 valence electrons. The van der Waals surface area contributed by atoms with E-state index in [1.54, 1.807) is 5.32 Å². The largest absolute Gasteiger partial charge is 0.469 e. The molecule has 0 fully saturated rings. The number of hydrogen-bond donors (Lipinski definition) is 3. The van der Waals surface area contributed by atoms with Gasteiger partial charge in [-0.1, -0.05) is 11.8 Å². The number of carbonyl (C=O) groups excluding carboxylic acids is 3. The lowest BCUT2D eigenvalue weighted by atomic mass is 10.3. The normalized spacial score (nSPS) is 10.9. The molecule has 0 aliphatic carbocycles. The number of aromatic amines is 1. The summed E-state index contributed by atoms with van der Waals surface area (Å²) >= 11 is 0.724. The average Bonchev–Trinajstić information content (AvgIpc) is 2.49. The highest BCUT2D eigenvalue weighted by Crippen LogP contribution is 2.12. The van der Waals surface area contributed by atoms with Gasteiger partial charge >= 0.3 is 18.2 Å². The van der Waals surface area contributed by atoms with Gasteiger partial charge in [-0.05, 0) is 0 Å². The fraction of sp³-hybridized carbons (Fsp3) is 0.417. The van der Waals surface area contributed by atoms with Gasteiger partial charge in [0.2, 0.25) is 5.91 Å². The number of carbonyl (C=O) groups is 3. The zero-order valence-electron chi connectivity index (χ0n) is 12.7. The summed E-state index contributed by atoms with van der Waals surface area (Å²) in [4.78, 5) is 51.4. The van der Waals surface area contributed by atoms with Crippen LogP contribution in [-0.4, -0.2) is 53.5 Å². The minimum Gasteiger partial charge on any atom is -0.469 e. The summed E-state index contributed by atoms with van der Waals surface area (Å²) in [6, 6.07) is -0.227. The Morgan fingerprint density at radius 2 is 2.04 bits per heavy atom. The van der Waals surface area contributed by atoms with Crippen LogP contribution in [0, 0.1) is 0 Å². The zero-order valence-corrected chi connectivity index (χ0v) is 13.5. The minimum absolute atomic E-state index is 0.00254. The van der Waals surface area contributed by atoms with Gasteiger partial charge in [0.1, 0.15) is 6.54 Å². The van der Waals surface area contributed by atoms with Crippen LogP contribution in [0.1, 0.15) is 5.69 Å². The second-order valence-corrected chi connectivity index (χ2v) is 5.39. The van der Waals surface area contributed by atoms with Crippen LogP contribution in [0.5, 0.6) is 0 Å². The molecule has 0 aromatic carbocycles. The number of alkyl halides is 3. The minimum atomic E-state index is -4.60. The highest BCUT2D eigenvalue weighted by molar-refractivity contribution is 7.99. The van der Waals surface area contributed by atoms with Crippen LogP contribution < -0.4 is 16.2 Å². The lowest BCUT2D eigenvalue weighted by Crippen LogP contribution is -2.43. The van der Waals surface area contributed by atoms with Gasteiger partial charge in [-0.25, -0.2) is 9.78 Å². The van der Waals surface area contributed by atoms with Crippen molar-refractivity contribution in [2.45, 2.75) is 17.8 Å². The monoisotopic (exact) mass is 382 g/mol. The fourth-order valence-corrected chi connectivity index (χ4v) is 2.08. The molecule has 9 nitrogen and oxygen atoms in total. The summed E-state index contributed by atoms with van der Waals surface area (Å²) in [5.41, 5.74) is -0.457. The molecule has 1 aromatic rings. The summed E-state index contributed by atoms with van der Waals surface area (Å²) in [6.45, 7) is -1.58. The molecule has 0 saturated heterocycles. The molecular formula is C12H13F3N4O5S. The third kappa shape index (κ3) is 8.74. The third-order valence-corrected chi connectivity index (χ3v) is 3.24. The number of halogens is 3. The van der Waals surface area contributed by atoms with Crippen LogP contribution >= 0.6 is 11.8 Å². The highest BCUT2D eigenvalue weighted by Gasteiger charge is 2.27. The van der Waals surface area contributed by atoms with Gasteiger partial charge in [0.25, 0.3) is 5.56 Å². The quantitative estimate of drug-likeness (QED) is 0.358. The maximum Gasteiger partial charge on any atom is 0.405 e. The van der Waals surface area contributed by atoms with Crippen molar-refractivity contribution in [1.82, 2.24) is 20.6 Å². The van der Waals surface area contributed by atoms with E-state index in [1.807, 2.05) is 0 Å². The molecule has 1 aromatic heterocycles. The maximum atomic E-state index is 11.9. The second-order valence-electron chi connectivity index (χ2n) is 4.43. The number of amides is 3. The van der Waals surface area contributed by atoms with Gasteiger partial charge in [0.15, 0.2) is 5.16 Å². The number of hydrogen-bond acceptors (Lipinski definition) is 7. The molecule has 0 saturated carbocycles. The third-order valence-electron chi connectivity index (χ3n) is 2.37. The van der Waals surface area contributed by atoms with E-state index in [9.17, 15) is 32.3 Å². The smallest absolute Gasteiger partial charge is 0.405 e. The van der Waals surface area contributed by atoms with Crippen LogP contribution in [0.25, 0.3) is 0 Å². The Bertz CT molecular complexity index is 707. The van der Waals surface area contributed by atoms with Crippen molar-refractivity contribution in [2.75, 3.05) is 19.4 Å². The predicted molar refractivity (Wildman–Crippen MR) is 78.9 cm³/mol. The molecule has 0 atom stereocenters. The van der Waals surface area contributed by atoms with Gasteiger partial charge in [-0.2, -0.15) is 13.2 Å². The van der Waals surface area contributed by atoms with E-state index in [-0.39, 0.29) is 17.3 Å². The summed E-state index contributed by atoms with van der Waals surface area (Å²) in [6.07, 6.45) is -4.85. The number of thioether (sulfide) groups is 1. The van der Waals surface area contributed by atoms with Gasteiger partial charge in [-0.3, -0.25) is 19.7 Å². The zero-order chi connectivity index (χ0) is 19.0. The van der Waals surface area contributed by atoms with Crippen molar-refractivity contribution in [3.05, 3.63) is 22.1 Å². The van der Waals surface area contributed by atoms with Gasteiger partial charge < -0.3 is 15.0 Å². The topological polar surface area (TPSA) is 130 Å². The second kappa shape index (κ2) is 9.05. The molecule has 1 heterocycles. The Morgan fingerprint density at radius 3 is 2.64 bits per heavy atom. The molecule has 3 N–H and O–H groups in total. The van der Waals surface area contributed by atoms with E-state index in [2.05, 4.69) is 14.7 Å². The van der Waals surface area contributed by atoms with Crippen molar-refractivity contribution in [1.29, 1.82) is 0 Å². The fourth-order valence-electron chi connectivity index (χ4n) is 1.38. The Kier molecular flexibility index (Phi) is 7.42. The van der Waals surface area contributed by atoms with Gasteiger partial charge in [-0.15, -0.1) is 0 Å². The maximum absolute atomic E-state index is 11.9. The number of H-pyrrole nitrogens is 1. The van der Waals surface area contributed by atoms with E-state index in [1.165, 1.54) is 12.4 Å². The lowest BCUT2D eigenvalue weighted by Gasteiger charge is -2.09. The molecule has 3 amide bonds. The number of ether oxygens (including phenoxy) is 1. The summed E-state index contributed by atoms with van der Waals surface area (Å²) in [7, 11) is 1.17.